The molecule has 0 fully saturated rings. The van der Waals surface area contributed by atoms with Gasteiger partial charge >= 0.3 is 0 Å². The van der Waals surface area contributed by atoms with Gasteiger partial charge in [0.1, 0.15) is 0 Å². The van der Waals surface area contributed by atoms with E-state index in [1.165, 1.54) is 0 Å². The first kappa shape index (κ1) is 18.6. The predicted octanol–water partition coefficient (Wildman–Crippen LogP) is 2.16. The molecule has 0 heterocycles. The van der Waals surface area contributed by atoms with Crippen LogP contribution in [0.1, 0.15) is 29.6 Å². The zero-order valence-corrected chi connectivity index (χ0v) is 13.5. The lowest BCUT2D eigenvalue weighted by molar-refractivity contribution is -0.131. The molecule has 1 aromatic carbocycles. The second-order valence-electron chi connectivity index (χ2n) is 4.88. The largest absolute Gasteiger partial charge is 0.395 e. The maximum Gasteiger partial charge on any atom is 0.223 e. The first-order chi connectivity index (χ1) is 10.6. The number of Topliss-reactive ketones (excluding diaryl/α,β-unsaturated/α-hetero) is 1. The number of ketones is 1. The summed E-state index contributed by atoms with van der Waals surface area (Å²) >= 11 is 5.77. The summed E-state index contributed by atoms with van der Waals surface area (Å²) in [5.74, 6) is -0.224. The third kappa shape index (κ3) is 6.56. The fourth-order valence-corrected chi connectivity index (χ4v) is 2.17. The van der Waals surface area contributed by atoms with Crippen molar-refractivity contribution >= 4 is 23.3 Å². The van der Waals surface area contributed by atoms with Gasteiger partial charge < -0.3 is 14.7 Å². The normalized spacial score (nSPS) is 10.5. The van der Waals surface area contributed by atoms with Gasteiger partial charge in [0.2, 0.25) is 5.91 Å². The van der Waals surface area contributed by atoms with Gasteiger partial charge in [-0.2, -0.15) is 0 Å². The highest BCUT2D eigenvalue weighted by atomic mass is 35.5. The van der Waals surface area contributed by atoms with Crippen LogP contribution in [0.2, 0.25) is 5.02 Å². The number of hydrogen-bond acceptors (Lipinski definition) is 4. The molecule has 0 bridgehead atoms. The third-order valence-corrected chi connectivity index (χ3v) is 3.48. The minimum Gasteiger partial charge on any atom is -0.395 e. The van der Waals surface area contributed by atoms with Gasteiger partial charge in [-0.1, -0.05) is 11.6 Å². The molecule has 0 aliphatic heterocycles. The van der Waals surface area contributed by atoms with E-state index in [-0.39, 0.29) is 37.7 Å². The Morgan fingerprint density at radius 2 is 1.86 bits per heavy atom. The lowest BCUT2D eigenvalue weighted by atomic mass is 10.1. The number of carbonyl (C=O) groups excluding carboxylic acids is 2. The van der Waals surface area contributed by atoms with E-state index in [1.807, 2.05) is 0 Å². The Bertz CT molecular complexity index is 476. The smallest absolute Gasteiger partial charge is 0.223 e. The van der Waals surface area contributed by atoms with E-state index >= 15 is 0 Å². The predicted molar refractivity (Wildman–Crippen MR) is 85.2 cm³/mol. The van der Waals surface area contributed by atoms with Crippen molar-refractivity contribution in [3.63, 3.8) is 0 Å². The van der Waals surface area contributed by atoms with Crippen molar-refractivity contribution in [1.82, 2.24) is 4.90 Å². The molecule has 0 aromatic heterocycles. The average molecular weight is 328 g/mol. The Balaban J connectivity index is 2.47. The molecule has 0 spiro atoms. The van der Waals surface area contributed by atoms with Crippen molar-refractivity contribution in [2.75, 3.05) is 33.4 Å². The molecule has 1 amide bonds. The van der Waals surface area contributed by atoms with E-state index in [0.717, 1.165) is 0 Å². The highest BCUT2D eigenvalue weighted by Crippen LogP contribution is 2.12. The second-order valence-corrected chi connectivity index (χ2v) is 5.32. The molecular formula is C16H22ClNO4. The number of methoxy groups -OCH3 is 1. The lowest BCUT2D eigenvalue weighted by Crippen LogP contribution is -2.35. The molecular weight excluding hydrogens is 306 g/mol. The average Bonchev–Trinajstić information content (AvgIpc) is 2.52. The zero-order chi connectivity index (χ0) is 16.4. The lowest BCUT2D eigenvalue weighted by Gasteiger charge is -2.21. The Morgan fingerprint density at radius 3 is 2.45 bits per heavy atom. The number of amides is 1. The van der Waals surface area contributed by atoms with Crippen LogP contribution in [-0.2, 0) is 9.53 Å². The van der Waals surface area contributed by atoms with Crippen LogP contribution in [0.5, 0.6) is 0 Å². The number of nitrogens with zero attached hydrogens (tertiary/aromatic N) is 1. The molecule has 6 heteroatoms. The van der Waals surface area contributed by atoms with Gasteiger partial charge in [-0.3, -0.25) is 9.59 Å². The highest BCUT2D eigenvalue weighted by molar-refractivity contribution is 6.30. The summed E-state index contributed by atoms with van der Waals surface area (Å²) < 4.78 is 4.95. The van der Waals surface area contributed by atoms with Gasteiger partial charge in [-0.05, 0) is 30.7 Å². The number of hydrogen-bond donors (Lipinski definition) is 1. The van der Waals surface area contributed by atoms with Gasteiger partial charge in [0.25, 0.3) is 0 Å². The number of rotatable bonds is 10. The van der Waals surface area contributed by atoms with E-state index in [4.69, 9.17) is 21.4 Å². The van der Waals surface area contributed by atoms with Crippen molar-refractivity contribution in [2.24, 2.45) is 0 Å². The monoisotopic (exact) mass is 327 g/mol. The van der Waals surface area contributed by atoms with Crippen molar-refractivity contribution in [3.8, 4) is 0 Å². The van der Waals surface area contributed by atoms with E-state index in [9.17, 15) is 9.59 Å². The van der Waals surface area contributed by atoms with Crippen LogP contribution >= 0.6 is 11.6 Å². The molecule has 122 valence electrons. The minimum absolute atomic E-state index is 0.0918. The Morgan fingerprint density at radius 1 is 1.18 bits per heavy atom. The summed E-state index contributed by atoms with van der Waals surface area (Å²) in [6.07, 6.45) is 0.981. The van der Waals surface area contributed by atoms with Gasteiger partial charge in [0, 0.05) is 50.2 Å². The topological polar surface area (TPSA) is 66.8 Å². The van der Waals surface area contributed by atoms with E-state index in [2.05, 4.69) is 0 Å². The van der Waals surface area contributed by atoms with Crippen molar-refractivity contribution < 1.29 is 19.4 Å². The number of ether oxygens (including phenoxy) is 1. The summed E-state index contributed by atoms with van der Waals surface area (Å²) in [7, 11) is 1.60. The molecule has 22 heavy (non-hydrogen) atoms. The van der Waals surface area contributed by atoms with Crippen LogP contribution in [0.3, 0.4) is 0 Å². The SMILES string of the molecule is COCCCN(CCO)C(=O)CCC(=O)c1ccc(Cl)cc1. The van der Waals surface area contributed by atoms with Gasteiger partial charge in [-0.25, -0.2) is 0 Å². The highest BCUT2D eigenvalue weighted by Gasteiger charge is 2.15. The summed E-state index contributed by atoms with van der Waals surface area (Å²) in [6, 6.07) is 6.61. The van der Waals surface area contributed by atoms with Crippen molar-refractivity contribution in [1.29, 1.82) is 0 Å². The third-order valence-electron chi connectivity index (χ3n) is 3.23. The Labute approximate surface area is 135 Å². The molecule has 1 N–H and O–H groups in total. The van der Waals surface area contributed by atoms with Gasteiger partial charge in [0.15, 0.2) is 5.78 Å². The van der Waals surface area contributed by atoms with E-state index < -0.39 is 0 Å². The standard InChI is InChI=1S/C16H22ClNO4/c1-22-12-2-9-18(10-11-19)16(21)8-7-15(20)13-3-5-14(17)6-4-13/h3-6,19H,2,7-12H2,1H3. The van der Waals surface area contributed by atoms with Crippen LogP contribution in [0.15, 0.2) is 24.3 Å². The molecule has 1 rings (SSSR count). The molecule has 1 aromatic rings. The maximum atomic E-state index is 12.1. The number of aliphatic hydroxyl groups is 1. The van der Waals surface area contributed by atoms with Crippen molar-refractivity contribution in [2.45, 2.75) is 19.3 Å². The molecule has 0 saturated heterocycles. The number of benzene rings is 1. The van der Waals surface area contributed by atoms with Crippen LogP contribution in [0, 0.1) is 0 Å². The van der Waals surface area contributed by atoms with Crippen LogP contribution in [0.25, 0.3) is 0 Å². The number of halogens is 1. The number of aliphatic hydroxyl groups excluding tert-OH is 1. The summed E-state index contributed by atoms with van der Waals surface area (Å²) in [5, 5.41) is 9.59. The van der Waals surface area contributed by atoms with Crippen LogP contribution < -0.4 is 0 Å². The first-order valence-electron chi connectivity index (χ1n) is 7.24. The van der Waals surface area contributed by atoms with Crippen molar-refractivity contribution in [3.05, 3.63) is 34.9 Å². The summed E-state index contributed by atoms with van der Waals surface area (Å²) in [6.45, 7) is 1.25. The quantitative estimate of drug-likeness (QED) is 0.528. The molecule has 5 nitrogen and oxygen atoms in total. The second kappa shape index (κ2) is 10.3. The van der Waals surface area contributed by atoms with E-state index in [0.29, 0.717) is 30.2 Å². The fourth-order valence-electron chi connectivity index (χ4n) is 2.04. The molecule has 0 unspecified atom stereocenters. The Kier molecular flexibility index (Phi) is 8.74. The first-order valence-corrected chi connectivity index (χ1v) is 7.62. The summed E-state index contributed by atoms with van der Waals surface area (Å²) in [5.41, 5.74) is 0.547. The summed E-state index contributed by atoms with van der Waals surface area (Å²) in [4.78, 5) is 25.7. The van der Waals surface area contributed by atoms with Gasteiger partial charge in [-0.15, -0.1) is 0 Å². The molecule has 0 saturated carbocycles. The fraction of sp³-hybridized carbons (Fsp3) is 0.500. The zero-order valence-electron chi connectivity index (χ0n) is 12.8. The van der Waals surface area contributed by atoms with Gasteiger partial charge in [0.05, 0.1) is 6.61 Å². The number of carbonyl (C=O) groups is 2. The maximum absolute atomic E-state index is 12.1. The van der Waals surface area contributed by atoms with E-state index in [1.54, 1.807) is 36.3 Å². The molecule has 0 aliphatic carbocycles. The molecule has 0 aliphatic rings. The minimum atomic E-state index is -0.132. The molecule has 0 radical (unpaired) electrons. The Hall–Kier alpha value is -1.43. The molecule has 0 atom stereocenters. The van der Waals surface area contributed by atoms with Crippen LogP contribution in [0.4, 0.5) is 0 Å². The van der Waals surface area contributed by atoms with Crippen LogP contribution in [-0.4, -0.2) is 55.1 Å².